The van der Waals surface area contributed by atoms with Crippen molar-refractivity contribution in [2.75, 3.05) is 0 Å². The second kappa shape index (κ2) is 3.04. The fraction of sp³-hybridized carbons (Fsp3) is 0.273. The number of rotatable bonds is 1. The molecule has 74 valence electrons. The molecule has 0 bridgehead atoms. The first kappa shape index (κ1) is 9.62. The Balaban J connectivity index is 2.69. The Hall–Kier alpha value is -0.930. The molecule has 0 saturated heterocycles. The van der Waals surface area contributed by atoms with Gasteiger partial charge in [-0.2, -0.15) is 0 Å². The molecule has 3 heteroatoms. The maximum atomic E-state index is 13.3. The van der Waals surface area contributed by atoms with Crippen LogP contribution in [0.1, 0.15) is 18.7 Å². The largest absolute Gasteiger partial charge is 0.385 e. The smallest absolute Gasteiger partial charge is 0.131 e. The highest BCUT2D eigenvalue weighted by Crippen LogP contribution is 2.33. The zero-order valence-electron chi connectivity index (χ0n) is 8.04. The lowest BCUT2D eigenvalue weighted by atomic mass is 10.1. The van der Waals surface area contributed by atoms with Crippen molar-refractivity contribution in [3.8, 4) is 0 Å². The summed E-state index contributed by atoms with van der Waals surface area (Å²) in [5, 5.41) is 10.4. The van der Waals surface area contributed by atoms with Gasteiger partial charge in [0, 0.05) is 15.0 Å². The van der Waals surface area contributed by atoms with Gasteiger partial charge in [-0.15, -0.1) is 11.3 Å². The molecule has 0 unspecified atom stereocenters. The summed E-state index contributed by atoms with van der Waals surface area (Å²) in [4.78, 5) is 0.789. The van der Waals surface area contributed by atoms with E-state index in [0.29, 0.717) is 5.39 Å². The van der Waals surface area contributed by atoms with Crippen LogP contribution in [0.2, 0.25) is 0 Å². The molecule has 0 aliphatic heterocycles. The van der Waals surface area contributed by atoms with Crippen molar-refractivity contribution >= 4 is 21.4 Å². The topological polar surface area (TPSA) is 20.2 Å². The van der Waals surface area contributed by atoms with Gasteiger partial charge in [-0.05, 0) is 32.0 Å². The number of aliphatic hydroxyl groups is 1. The quantitative estimate of drug-likeness (QED) is 0.766. The standard InChI is InChI=1S/C11H11FOS/c1-11(2,13)10-6-7-8(12)4-3-5-9(7)14-10/h3-6,13H,1-2H3. The molecule has 1 aromatic heterocycles. The average Bonchev–Trinajstić information content (AvgIpc) is 2.48. The van der Waals surface area contributed by atoms with Crippen LogP contribution < -0.4 is 0 Å². The molecule has 0 amide bonds. The molecule has 0 fully saturated rings. The summed E-state index contributed by atoms with van der Waals surface area (Å²) >= 11 is 1.43. The Labute approximate surface area is 85.8 Å². The molecule has 2 aromatic rings. The van der Waals surface area contributed by atoms with E-state index in [2.05, 4.69) is 0 Å². The summed E-state index contributed by atoms with van der Waals surface area (Å²) in [5.74, 6) is -0.228. The number of thiophene rings is 1. The van der Waals surface area contributed by atoms with Crippen LogP contribution in [0.25, 0.3) is 10.1 Å². The van der Waals surface area contributed by atoms with E-state index in [1.807, 2.05) is 6.07 Å². The van der Waals surface area contributed by atoms with Crippen LogP contribution in [0.3, 0.4) is 0 Å². The van der Waals surface area contributed by atoms with E-state index in [4.69, 9.17) is 0 Å². The first-order valence-corrected chi connectivity index (χ1v) is 5.21. The van der Waals surface area contributed by atoms with Gasteiger partial charge in [-0.25, -0.2) is 4.39 Å². The lowest BCUT2D eigenvalue weighted by molar-refractivity contribution is 0.0826. The molecule has 2 rings (SSSR count). The van der Waals surface area contributed by atoms with Crippen molar-refractivity contribution < 1.29 is 9.50 Å². The zero-order chi connectivity index (χ0) is 10.3. The van der Waals surface area contributed by atoms with E-state index in [9.17, 15) is 9.50 Å². The van der Waals surface area contributed by atoms with E-state index in [1.165, 1.54) is 17.4 Å². The molecule has 0 spiro atoms. The third kappa shape index (κ3) is 1.53. The van der Waals surface area contributed by atoms with E-state index >= 15 is 0 Å². The normalized spacial score (nSPS) is 12.3. The number of hydrogen-bond donors (Lipinski definition) is 1. The van der Waals surface area contributed by atoms with Gasteiger partial charge in [-0.3, -0.25) is 0 Å². The van der Waals surface area contributed by atoms with Crippen molar-refractivity contribution in [3.05, 3.63) is 35.0 Å². The van der Waals surface area contributed by atoms with Crippen LogP contribution in [0.15, 0.2) is 24.3 Å². The summed E-state index contributed by atoms with van der Waals surface area (Å²) in [6.45, 7) is 3.41. The number of fused-ring (bicyclic) bond motifs is 1. The van der Waals surface area contributed by atoms with Crippen LogP contribution in [0, 0.1) is 5.82 Å². The molecule has 1 aromatic carbocycles. The average molecular weight is 210 g/mol. The SMILES string of the molecule is CC(C)(O)c1cc2c(F)cccc2s1. The molecule has 1 N–H and O–H groups in total. The molecular formula is C11H11FOS. The van der Waals surface area contributed by atoms with Crippen LogP contribution in [0.5, 0.6) is 0 Å². The number of hydrogen-bond acceptors (Lipinski definition) is 2. The molecule has 0 aliphatic carbocycles. The minimum atomic E-state index is -0.893. The van der Waals surface area contributed by atoms with Gasteiger partial charge in [0.25, 0.3) is 0 Å². The second-order valence-electron chi connectivity index (χ2n) is 3.82. The monoisotopic (exact) mass is 210 g/mol. The minimum Gasteiger partial charge on any atom is -0.385 e. The van der Waals surface area contributed by atoms with Gasteiger partial charge in [0.15, 0.2) is 0 Å². The number of halogens is 1. The van der Waals surface area contributed by atoms with Crippen molar-refractivity contribution in [3.63, 3.8) is 0 Å². The van der Waals surface area contributed by atoms with Crippen molar-refractivity contribution in [2.45, 2.75) is 19.4 Å². The summed E-state index contributed by atoms with van der Waals surface area (Å²) in [6, 6.07) is 6.69. The summed E-state index contributed by atoms with van der Waals surface area (Å²) in [5.41, 5.74) is -0.893. The van der Waals surface area contributed by atoms with Gasteiger partial charge >= 0.3 is 0 Å². The predicted molar refractivity (Wildman–Crippen MR) is 57.0 cm³/mol. The maximum Gasteiger partial charge on any atom is 0.131 e. The van der Waals surface area contributed by atoms with E-state index in [-0.39, 0.29) is 5.82 Å². The molecule has 14 heavy (non-hydrogen) atoms. The minimum absolute atomic E-state index is 0.228. The highest BCUT2D eigenvalue weighted by molar-refractivity contribution is 7.19. The third-order valence-electron chi connectivity index (χ3n) is 2.11. The summed E-state index contributed by atoms with van der Waals surface area (Å²) < 4.78 is 14.2. The Bertz CT molecular complexity index is 468. The Morgan fingerprint density at radius 3 is 2.64 bits per heavy atom. The van der Waals surface area contributed by atoms with Gasteiger partial charge in [-0.1, -0.05) is 6.07 Å². The lowest BCUT2D eigenvalue weighted by Crippen LogP contribution is -2.12. The second-order valence-corrected chi connectivity index (χ2v) is 4.91. The third-order valence-corrected chi connectivity index (χ3v) is 3.52. The van der Waals surface area contributed by atoms with Gasteiger partial charge in [0.05, 0.1) is 5.60 Å². The molecule has 1 heterocycles. The summed E-state index contributed by atoms with van der Waals surface area (Å²) in [6.07, 6.45) is 0. The van der Waals surface area contributed by atoms with Crippen LogP contribution in [-0.4, -0.2) is 5.11 Å². The molecule has 0 atom stereocenters. The fourth-order valence-corrected chi connectivity index (χ4v) is 2.40. The van der Waals surface area contributed by atoms with Crippen molar-refractivity contribution in [1.82, 2.24) is 0 Å². The van der Waals surface area contributed by atoms with E-state index < -0.39 is 5.60 Å². The Morgan fingerprint density at radius 2 is 2.07 bits per heavy atom. The molecule has 0 radical (unpaired) electrons. The van der Waals surface area contributed by atoms with Crippen LogP contribution >= 0.6 is 11.3 Å². The molecular weight excluding hydrogens is 199 g/mol. The van der Waals surface area contributed by atoms with Crippen molar-refractivity contribution in [1.29, 1.82) is 0 Å². The highest BCUT2D eigenvalue weighted by atomic mass is 32.1. The fourth-order valence-electron chi connectivity index (χ4n) is 1.33. The first-order valence-electron chi connectivity index (χ1n) is 4.39. The Kier molecular flexibility index (Phi) is 2.09. The van der Waals surface area contributed by atoms with Gasteiger partial charge < -0.3 is 5.11 Å². The van der Waals surface area contributed by atoms with Crippen LogP contribution in [-0.2, 0) is 5.60 Å². The van der Waals surface area contributed by atoms with Crippen molar-refractivity contribution in [2.24, 2.45) is 0 Å². The Morgan fingerprint density at radius 1 is 1.36 bits per heavy atom. The maximum absolute atomic E-state index is 13.3. The first-order chi connectivity index (χ1) is 6.48. The molecule has 1 nitrogen and oxygen atoms in total. The van der Waals surface area contributed by atoms with E-state index in [1.54, 1.807) is 26.0 Å². The lowest BCUT2D eigenvalue weighted by Gasteiger charge is -2.13. The van der Waals surface area contributed by atoms with Crippen LogP contribution in [0.4, 0.5) is 4.39 Å². The molecule has 0 aliphatic rings. The van der Waals surface area contributed by atoms with Gasteiger partial charge in [0.1, 0.15) is 5.82 Å². The number of benzene rings is 1. The highest BCUT2D eigenvalue weighted by Gasteiger charge is 2.19. The predicted octanol–water partition coefficient (Wildman–Crippen LogP) is 3.27. The van der Waals surface area contributed by atoms with Gasteiger partial charge in [0.2, 0.25) is 0 Å². The van der Waals surface area contributed by atoms with E-state index in [0.717, 1.165) is 9.58 Å². The summed E-state index contributed by atoms with van der Waals surface area (Å²) in [7, 11) is 0. The molecule has 0 saturated carbocycles. The zero-order valence-corrected chi connectivity index (χ0v) is 8.86.